The fourth-order valence-corrected chi connectivity index (χ4v) is 2.13. The van der Waals surface area contributed by atoms with Crippen LogP contribution in [0.2, 0.25) is 0 Å². The summed E-state index contributed by atoms with van der Waals surface area (Å²) in [7, 11) is 0. The molecule has 3 nitrogen and oxygen atoms in total. The van der Waals surface area contributed by atoms with Gasteiger partial charge >= 0.3 is 0 Å². The minimum Gasteiger partial charge on any atom is -0.395 e. The predicted molar refractivity (Wildman–Crippen MR) is 55.9 cm³/mol. The summed E-state index contributed by atoms with van der Waals surface area (Å²) in [4.78, 5) is 13.7. The van der Waals surface area contributed by atoms with Crippen LogP contribution in [-0.2, 0) is 4.79 Å². The molecule has 0 aliphatic heterocycles. The molecule has 0 unspecified atom stereocenters. The monoisotopic (exact) mass is 199 g/mol. The van der Waals surface area contributed by atoms with E-state index in [1.165, 1.54) is 12.8 Å². The van der Waals surface area contributed by atoms with E-state index in [4.69, 9.17) is 5.11 Å². The van der Waals surface area contributed by atoms with Gasteiger partial charge in [-0.2, -0.15) is 0 Å². The summed E-state index contributed by atoms with van der Waals surface area (Å²) in [5, 5.41) is 8.93. The highest BCUT2D eigenvalue weighted by atomic mass is 16.3. The number of carbonyl (C=O) groups is 1. The molecule has 1 rings (SSSR count). The average Bonchev–Trinajstić information content (AvgIpc) is 2.65. The summed E-state index contributed by atoms with van der Waals surface area (Å²) >= 11 is 0. The van der Waals surface area contributed by atoms with E-state index in [1.807, 2.05) is 18.7 Å². The summed E-state index contributed by atoms with van der Waals surface area (Å²) < 4.78 is 0. The summed E-state index contributed by atoms with van der Waals surface area (Å²) in [6.45, 7) is 4.42. The Bertz CT molecular complexity index is 186. The molecule has 14 heavy (non-hydrogen) atoms. The van der Waals surface area contributed by atoms with Crippen LogP contribution in [0.15, 0.2) is 0 Å². The maximum atomic E-state index is 11.8. The van der Waals surface area contributed by atoms with Crippen molar-refractivity contribution in [2.45, 2.75) is 45.6 Å². The van der Waals surface area contributed by atoms with E-state index in [-0.39, 0.29) is 18.4 Å². The summed E-state index contributed by atoms with van der Waals surface area (Å²) in [6.07, 6.45) is 4.66. The molecule has 1 aliphatic rings. The molecule has 82 valence electrons. The van der Waals surface area contributed by atoms with Crippen LogP contribution in [0, 0.1) is 5.92 Å². The van der Waals surface area contributed by atoms with Gasteiger partial charge in [0, 0.05) is 18.5 Å². The van der Waals surface area contributed by atoms with Gasteiger partial charge in [0.1, 0.15) is 0 Å². The lowest BCUT2D eigenvalue weighted by Gasteiger charge is -2.29. The third-order valence-electron chi connectivity index (χ3n) is 2.88. The molecule has 1 N–H and O–H groups in total. The number of rotatable bonds is 4. The highest BCUT2D eigenvalue weighted by Gasteiger charge is 2.27. The molecule has 0 atom stereocenters. The van der Waals surface area contributed by atoms with Crippen LogP contribution >= 0.6 is 0 Å². The topological polar surface area (TPSA) is 40.5 Å². The van der Waals surface area contributed by atoms with Crippen LogP contribution < -0.4 is 0 Å². The van der Waals surface area contributed by atoms with Gasteiger partial charge in [0.25, 0.3) is 0 Å². The van der Waals surface area contributed by atoms with Crippen molar-refractivity contribution in [1.29, 1.82) is 0 Å². The lowest BCUT2D eigenvalue weighted by Crippen LogP contribution is -2.42. The van der Waals surface area contributed by atoms with E-state index in [0.29, 0.717) is 12.6 Å². The van der Waals surface area contributed by atoms with Crippen molar-refractivity contribution < 1.29 is 9.90 Å². The van der Waals surface area contributed by atoms with Crippen LogP contribution in [0.1, 0.15) is 39.5 Å². The van der Waals surface area contributed by atoms with Gasteiger partial charge in [-0.15, -0.1) is 0 Å². The molecular weight excluding hydrogens is 178 g/mol. The van der Waals surface area contributed by atoms with Crippen molar-refractivity contribution in [3.8, 4) is 0 Å². The fraction of sp³-hybridized carbons (Fsp3) is 0.909. The predicted octanol–water partition coefficient (Wildman–Crippen LogP) is 1.41. The molecule has 1 saturated carbocycles. The zero-order chi connectivity index (χ0) is 10.6. The largest absolute Gasteiger partial charge is 0.395 e. The lowest BCUT2D eigenvalue weighted by atomic mass is 10.1. The van der Waals surface area contributed by atoms with Crippen molar-refractivity contribution in [3.63, 3.8) is 0 Å². The maximum Gasteiger partial charge on any atom is 0.225 e. The van der Waals surface area contributed by atoms with Gasteiger partial charge < -0.3 is 10.0 Å². The Morgan fingerprint density at radius 3 is 2.43 bits per heavy atom. The third-order valence-corrected chi connectivity index (χ3v) is 2.88. The SMILES string of the molecule is CC(C)C(=O)N(CCO)C1CCCC1. The zero-order valence-electron chi connectivity index (χ0n) is 9.20. The van der Waals surface area contributed by atoms with Gasteiger partial charge in [-0.3, -0.25) is 4.79 Å². The van der Waals surface area contributed by atoms with Gasteiger partial charge in [-0.05, 0) is 12.8 Å². The van der Waals surface area contributed by atoms with Gasteiger partial charge in [0.2, 0.25) is 5.91 Å². The van der Waals surface area contributed by atoms with Gasteiger partial charge in [-0.1, -0.05) is 26.7 Å². The minimum atomic E-state index is 0.0437. The first-order valence-electron chi connectivity index (χ1n) is 5.58. The smallest absolute Gasteiger partial charge is 0.225 e. The molecule has 0 heterocycles. The van der Waals surface area contributed by atoms with Crippen molar-refractivity contribution >= 4 is 5.91 Å². The molecule has 0 saturated heterocycles. The van der Waals surface area contributed by atoms with Gasteiger partial charge in [0.05, 0.1) is 6.61 Å². The van der Waals surface area contributed by atoms with E-state index >= 15 is 0 Å². The lowest BCUT2D eigenvalue weighted by molar-refractivity contribution is -0.137. The molecule has 0 aromatic rings. The van der Waals surface area contributed by atoms with E-state index in [9.17, 15) is 4.79 Å². The number of amides is 1. The van der Waals surface area contributed by atoms with Crippen LogP contribution in [0.4, 0.5) is 0 Å². The summed E-state index contributed by atoms with van der Waals surface area (Å²) in [5.41, 5.74) is 0. The molecule has 1 aliphatic carbocycles. The number of nitrogens with zero attached hydrogens (tertiary/aromatic N) is 1. The van der Waals surface area contributed by atoms with Crippen LogP contribution in [0.3, 0.4) is 0 Å². The quantitative estimate of drug-likeness (QED) is 0.743. The van der Waals surface area contributed by atoms with Crippen molar-refractivity contribution in [1.82, 2.24) is 4.90 Å². The first kappa shape index (κ1) is 11.5. The maximum absolute atomic E-state index is 11.8. The number of aliphatic hydroxyl groups is 1. The molecule has 0 aromatic carbocycles. The van der Waals surface area contributed by atoms with Crippen molar-refractivity contribution in [3.05, 3.63) is 0 Å². The Morgan fingerprint density at radius 2 is 2.00 bits per heavy atom. The number of hydrogen-bond donors (Lipinski definition) is 1. The van der Waals surface area contributed by atoms with E-state index in [0.717, 1.165) is 12.8 Å². The van der Waals surface area contributed by atoms with E-state index < -0.39 is 0 Å². The molecule has 0 radical (unpaired) electrons. The Labute approximate surface area is 86.1 Å². The molecule has 1 amide bonds. The molecule has 0 spiro atoms. The van der Waals surface area contributed by atoms with Crippen LogP contribution in [-0.4, -0.2) is 35.1 Å². The Hall–Kier alpha value is -0.570. The Morgan fingerprint density at radius 1 is 1.43 bits per heavy atom. The zero-order valence-corrected chi connectivity index (χ0v) is 9.20. The Kier molecular flexibility index (Phi) is 4.39. The molecule has 0 bridgehead atoms. The summed E-state index contributed by atoms with van der Waals surface area (Å²) in [5.74, 6) is 0.230. The van der Waals surface area contributed by atoms with E-state index in [1.54, 1.807) is 0 Å². The van der Waals surface area contributed by atoms with Crippen molar-refractivity contribution in [2.75, 3.05) is 13.2 Å². The fourth-order valence-electron chi connectivity index (χ4n) is 2.13. The van der Waals surface area contributed by atoms with Crippen LogP contribution in [0.5, 0.6) is 0 Å². The van der Waals surface area contributed by atoms with Crippen molar-refractivity contribution in [2.24, 2.45) is 5.92 Å². The second-order valence-electron chi connectivity index (χ2n) is 4.35. The third kappa shape index (κ3) is 2.71. The standard InChI is InChI=1S/C11H21NO2/c1-9(2)11(14)12(7-8-13)10-5-3-4-6-10/h9-10,13H,3-8H2,1-2H3. The number of hydrogen-bond acceptors (Lipinski definition) is 2. The molecule has 1 fully saturated rings. The van der Waals surface area contributed by atoms with Crippen LogP contribution in [0.25, 0.3) is 0 Å². The van der Waals surface area contributed by atoms with Gasteiger partial charge in [0.15, 0.2) is 0 Å². The number of aliphatic hydroxyl groups excluding tert-OH is 1. The first-order valence-corrected chi connectivity index (χ1v) is 5.58. The van der Waals surface area contributed by atoms with E-state index in [2.05, 4.69) is 0 Å². The summed E-state index contributed by atoms with van der Waals surface area (Å²) in [6, 6.07) is 0.386. The minimum absolute atomic E-state index is 0.0437. The highest BCUT2D eigenvalue weighted by molar-refractivity contribution is 5.78. The van der Waals surface area contributed by atoms with Gasteiger partial charge in [-0.25, -0.2) is 0 Å². The average molecular weight is 199 g/mol. The second kappa shape index (κ2) is 5.35. The number of carbonyl (C=O) groups excluding carboxylic acids is 1. The molecule has 0 aromatic heterocycles. The second-order valence-corrected chi connectivity index (χ2v) is 4.35. The highest BCUT2D eigenvalue weighted by Crippen LogP contribution is 2.24. The Balaban J connectivity index is 2.57. The molecule has 3 heteroatoms. The molecular formula is C11H21NO2. The normalized spacial score (nSPS) is 17.7. The first-order chi connectivity index (χ1) is 6.66.